The highest BCUT2D eigenvalue weighted by molar-refractivity contribution is 7.90. The number of benzene rings is 1. The lowest BCUT2D eigenvalue weighted by Gasteiger charge is -2.15. The molecule has 3 atom stereocenters. The van der Waals surface area contributed by atoms with Gasteiger partial charge in [0.15, 0.2) is 14.9 Å². The van der Waals surface area contributed by atoms with Crippen LogP contribution in [0, 0.1) is 0 Å². The first-order chi connectivity index (χ1) is 16.7. The maximum absolute atomic E-state index is 11.6. The number of aliphatic hydroxyl groups excluding tert-OH is 2. The van der Waals surface area contributed by atoms with Gasteiger partial charge in [-0.05, 0) is 38.1 Å². The number of sulfone groups is 1. The summed E-state index contributed by atoms with van der Waals surface area (Å²) in [4.78, 5) is 15.6. The second-order valence-electron chi connectivity index (χ2n) is 8.16. The molecule has 11 nitrogen and oxygen atoms in total. The third-order valence-electron chi connectivity index (χ3n) is 5.22. The Bertz CT molecular complexity index is 1320. The SMILES string of the molecule is C[C@@H]1OC(c2ccc(-c3cc(Oc4cnc(S(C)(=O)=O)cn4)cc(O[C@@H](C)CO)c3)[nH]2)=N[C@@H]1CO. The molecule has 0 bridgehead atoms. The predicted octanol–water partition coefficient (Wildman–Crippen LogP) is 1.95. The van der Waals surface area contributed by atoms with Gasteiger partial charge in [0.05, 0.1) is 25.6 Å². The molecule has 35 heavy (non-hydrogen) atoms. The summed E-state index contributed by atoms with van der Waals surface area (Å²) in [6, 6.07) is 8.50. The largest absolute Gasteiger partial charge is 0.488 e. The van der Waals surface area contributed by atoms with Crippen molar-refractivity contribution in [2.45, 2.75) is 37.1 Å². The topological polar surface area (TPSA) is 156 Å². The Morgan fingerprint density at radius 1 is 1.11 bits per heavy atom. The smallest absolute Gasteiger partial charge is 0.237 e. The number of aliphatic hydroxyl groups is 2. The molecule has 0 saturated carbocycles. The van der Waals surface area contributed by atoms with Gasteiger partial charge in [0.1, 0.15) is 35.4 Å². The summed E-state index contributed by atoms with van der Waals surface area (Å²) in [7, 11) is -3.48. The van der Waals surface area contributed by atoms with E-state index >= 15 is 0 Å². The van der Waals surface area contributed by atoms with E-state index in [0.717, 1.165) is 18.1 Å². The molecule has 0 radical (unpaired) electrons. The Hall–Kier alpha value is -3.48. The van der Waals surface area contributed by atoms with Gasteiger partial charge in [0, 0.05) is 23.6 Å². The van der Waals surface area contributed by atoms with Crippen molar-refractivity contribution >= 4 is 15.7 Å². The van der Waals surface area contributed by atoms with E-state index in [1.165, 1.54) is 6.20 Å². The molecule has 0 aliphatic carbocycles. The van der Waals surface area contributed by atoms with Crippen LogP contribution < -0.4 is 9.47 Å². The zero-order chi connectivity index (χ0) is 25.2. The first kappa shape index (κ1) is 24.6. The number of aliphatic imine (C=N–C) groups is 1. The molecule has 0 saturated heterocycles. The zero-order valence-corrected chi connectivity index (χ0v) is 20.2. The van der Waals surface area contributed by atoms with Crippen molar-refractivity contribution in [2.75, 3.05) is 19.5 Å². The second kappa shape index (κ2) is 10.0. The normalized spacial score (nSPS) is 18.6. The standard InChI is InChI=1S/C23H26N4O7S/c1-13(11-28)32-16-6-15(18-4-5-19(26-18)23-27-20(12-29)14(2)33-23)7-17(8-16)34-21-9-25-22(10-24-21)35(3,30)31/h4-10,13-14,20,26,28-29H,11-12H2,1-3H3/t13-,14-,20+/m0/s1. The van der Waals surface area contributed by atoms with Crippen molar-refractivity contribution in [3.8, 4) is 28.6 Å². The number of rotatable bonds is 9. The van der Waals surface area contributed by atoms with Gasteiger partial charge in [0.25, 0.3) is 0 Å². The first-order valence-corrected chi connectivity index (χ1v) is 12.7. The maximum Gasteiger partial charge on any atom is 0.237 e. The molecule has 12 heteroatoms. The lowest BCUT2D eigenvalue weighted by atomic mass is 10.1. The van der Waals surface area contributed by atoms with E-state index < -0.39 is 15.9 Å². The van der Waals surface area contributed by atoms with Crippen LogP contribution in [0.15, 0.2) is 52.7 Å². The molecule has 2 aromatic heterocycles. The molecule has 3 N–H and O–H groups in total. The van der Waals surface area contributed by atoms with Gasteiger partial charge in [-0.15, -0.1) is 0 Å². The number of ether oxygens (including phenoxy) is 3. The van der Waals surface area contributed by atoms with Crippen molar-refractivity contribution < 1.29 is 32.8 Å². The summed E-state index contributed by atoms with van der Waals surface area (Å²) in [6.45, 7) is 3.30. The fourth-order valence-electron chi connectivity index (χ4n) is 3.34. The number of H-pyrrole nitrogens is 1. The Morgan fingerprint density at radius 2 is 1.86 bits per heavy atom. The van der Waals surface area contributed by atoms with E-state index in [2.05, 4.69) is 19.9 Å². The number of nitrogens with one attached hydrogen (secondary N) is 1. The average Bonchev–Trinajstić information content (AvgIpc) is 3.45. The lowest BCUT2D eigenvalue weighted by Crippen LogP contribution is -2.21. The van der Waals surface area contributed by atoms with E-state index in [0.29, 0.717) is 28.7 Å². The fourth-order valence-corrected chi connectivity index (χ4v) is 3.83. The van der Waals surface area contributed by atoms with Gasteiger partial charge < -0.3 is 29.4 Å². The van der Waals surface area contributed by atoms with Crippen molar-refractivity contribution in [1.29, 1.82) is 0 Å². The first-order valence-electron chi connectivity index (χ1n) is 10.8. The van der Waals surface area contributed by atoms with Crippen LogP contribution in [0.3, 0.4) is 0 Å². The van der Waals surface area contributed by atoms with Gasteiger partial charge in [-0.25, -0.2) is 23.4 Å². The van der Waals surface area contributed by atoms with E-state index in [9.17, 15) is 18.6 Å². The fraction of sp³-hybridized carbons (Fsp3) is 0.348. The summed E-state index contributed by atoms with van der Waals surface area (Å²) in [5.74, 6) is 1.32. The second-order valence-corrected chi connectivity index (χ2v) is 10.1. The quantitative estimate of drug-likeness (QED) is 0.398. The van der Waals surface area contributed by atoms with E-state index in [4.69, 9.17) is 14.2 Å². The molecule has 0 fully saturated rings. The summed E-state index contributed by atoms with van der Waals surface area (Å²) in [5.41, 5.74) is 2.08. The minimum Gasteiger partial charge on any atom is -0.488 e. The summed E-state index contributed by atoms with van der Waals surface area (Å²) < 4.78 is 40.6. The number of hydrogen-bond donors (Lipinski definition) is 3. The molecule has 1 aliphatic rings. The monoisotopic (exact) mass is 502 g/mol. The van der Waals surface area contributed by atoms with Crippen molar-refractivity contribution in [3.63, 3.8) is 0 Å². The van der Waals surface area contributed by atoms with Crippen molar-refractivity contribution in [2.24, 2.45) is 4.99 Å². The van der Waals surface area contributed by atoms with Crippen LogP contribution in [0.1, 0.15) is 19.5 Å². The van der Waals surface area contributed by atoms with Crippen LogP contribution in [-0.4, -0.2) is 77.2 Å². The number of hydrogen-bond acceptors (Lipinski definition) is 10. The molecular formula is C23H26N4O7S. The molecule has 1 aromatic carbocycles. The Labute approximate surface area is 202 Å². The molecule has 0 unspecified atom stereocenters. The third kappa shape index (κ3) is 5.78. The number of nitrogens with zero attached hydrogens (tertiary/aromatic N) is 3. The summed E-state index contributed by atoms with van der Waals surface area (Å²) in [6.07, 6.45) is 2.71. The van der Waals surface area contributed by atoms with Crippen LogP contribution in [0.5, 0.6) is 17.4 Å². The van der Waals surface area contributed by atoms with Gasteiger partial charge in [0.2, 0.25) is 11.8 Å². The van der Waals surface area contributed by atoms with Gasteiger partial charge >= 0.3 is 0 Å². The molecule has 186 valence electrons. The molecule has 0 amide bonds. The third-order valence-corrected chi connectivity index (χ3v) is 6.19. The molecule has 3 heterocycles. The van der Waals surface area contributed by atoms with Gasteiger partial charge in [-0.1, -0.05) is 0 Å². The summed E-state index contributed by atoms with van der Waals surface area (Å²) in [5, 5.41) is 18.7. The minimum atomic E-state index is -3.48. The van der Waals surface area contributed by atoms with E-state index in [-0.39, 0.29) is 36.3 Å². The Balaban J connectivity index is 1.64. The Morgan fingerprint density at radius 3 is 2.49 bits per heavy atom. The van der Waals surface area contributed by atoms with Gasteiger partial charge in [-0.2, -0.15) is 0 Å². The van der Waals surface area contributed by atoms with Crippen LogP contribution in [0.25, 0.3) is 11.3 Å². The molecule has 0 spiro atoms. The molecular weight excluding hydrogens is 476 g/mol. The summed E-state index contributed by atoms with van der Waals surface area (Å²) >= 11 is 0. The highest BCUT2D eigenvalue weighted by atomic mass is 32.2. The van der Waals surface area contributed by atoms with Crippen molar-refractivity contribution in [1.82, 2.24) is 15.0 Å². The van der Waals surface area contributed by atoms with E-state index in [1.54, 1.807) is 25.1 Å². The van der Waals surface area contributed by atoms with Gasteiger partial charge in [-0.3, -0.25) is 0 Å². The number of aromatic nitrogens is 3. The predicted molar refractivity (Wildman–Crippen MR) is 127 cm³/mol. The zero-order valence-electron chi connectivity index (χ0n) is 19.4. The molecule has 3 aromatic rings. The Kier molecular flexibility index (Phi) is 7.05. The maximum atomic E-state index is 11.6. The number of aromatic amines is 1. The van der Waals surface area contributed by atoms with Crippen LogP contribution in [0.4, 0.5) is 0 Å². The van der Waals surface area contributed by atoms with Crippen molar-refractivity contribution in [3.05, 3.63) is 48.4 Å². The molecule has 4 rings (SSSR count). The average molecular weight is 503 g/mol. The van der Waals surface area contributed by atoms with E-state index in [1.807, 2.05) is 19.1 Å². The lowest BCUT2D eigenvalue weighted by molar-refractivity contribution is 0.129. The van der Waals surface area contributed by atoms with Crippen LogP contribution in [0.2, 0.25) is 0 Å². The molecule has 1 aliphatic heterocycles. The minimum absolute atomic E-state index is 0.0978. The highest BCUT2D eigenvalue weighted by Gasteiger charge is 2.28. The van der Waals surface area contributed by atoms with Crippen LogP contribution in [-0.2, 0) is 14.6 Å². The highest BCUT2D eigenvalue weighted by Crippen LogP contribution is 2.32. The van der Waals surface area contributed by atoms with Crippen LogP contribution >= 0.6 is 0 Å².